The lowest BCUT2D eigenvalue weighted by atomic mass is 9.79. The summed E-state index contributed by atoms with van der Waals surface area (Å²) in [5.41, 5.74) is 0. The minimum absolute atomic E-state index is 0.0649. The fourth-order valence-corrected chi connectivity index (χ4v) is 1.34. The minimum Gasteiger partial charge on any atom is -0.409 e. The molecule has 0 aromatic carbocycles. The molecule has 6 heteroatoms. The molecule has 1 aliphatic heterocycles. The molecule has 0 bridgehead atoms. The monoisotopic (exact) mass is 200 g/mol. The molecule has 1 fully saturated rings. The molecule has 1 amide bonds. The summed E-state index contributed by atoms with van der Waals surface area (Å²) >= 11 is 0. The average Bonchev–Trinajstić information content (AvgIpc) is 2.00. The first-order valence-corrected chi connectivity index (χ1v) is 4.91. The Bertz CT molecular complexity index is 183. The highest BCUT2D eigenvalue weighted by Gasteiger charge is 2.27. The largest absolute Gasteiger partial charge is 0.480 e. The van der Waals surface area contributed by atoms with Gasteiger partial charge in [-0.3, -0.25) is 4.79 Å². The van der Waals surface area contributed by atoms with Crippen molar-refractivity contribution in [1.82, 2.24) is 10.6 Å². The van der Waals surface area contributed by atoms with E-state index in [0.29, 0.717) is 13.2 Å². The van der Waals surface area contributed by atoms with Gasteiger partial charge in [0.1, 0.15) is 0 Å². The SMILES string of the molecule is CC(=O)N[C@@H](C)B1OCCNCCO1. The second-order valence-corrected chi connectivity index (χ2v) is 3.35. The number of amides is 1. The molecule has 0 aromatic rings. The number of carbonyl (C=O) groups excluding carboxylic acids is 1. The number of nitrogens with one attached hydrogen (secondary N) is 2. The molecule has 0 saturated carbocycles. The Labute approximate surface area is 84.7 Å². The predicted octanol–water partition coefficient (Wildman–Crippen LogP) is -0.825. The lowest BCUT2D eigenvalue weighted by Crippen LogP contribution is -2.49. The van der Waals surface area contributed by atoms with E-state index in [9.17, 15) is 4.79 Å². The van der Waals surface area contributed by atoms with Gasteiger partial charge < -0.3 is 19.9 Å². The third kappa shape index (κ3) is 4.08. The van der Waals surface area contributed by atoms with Crippen LogP contribution in [0.3, 0.4) is 0 Å². The Balaban J connectivity index is 2.34. The number of hydrogen-bond donors (Lipinski definition) is 2. The number of hydrogen-bond acceptors (Lipinski definition) is 4. The fraction of sp³-hybridized carbons (Fsp3) is 0.875. The molecule has 1 atom stereocenters. The van der Waals surface area contributed by atoms with Gasteiger partial charge in [0.15, 0.2) is 0 Å². The summed E-state index contributed by atoms with van der Waals surface area (Å²) in [6.07, 6.45) is 0. The lowest BCUT2D eigenvalue weighted by molar-refractivity contribution is -0.119. The highest BCUT2D eigenvalue weighted by atomic mass is 16.6. The molecule has 0 aromatic heterocycles. The van der Waals surface area contributed by atoms with Crippen molar-refractivity contribution in [3.63, 3.8) is 0 Å². The Morgan fingerprint density at radius 1 is 1.43 bits per heavy atom. The van der Waals surface area contributed by atoms with Crippen LogP contribution in [0.2, 0.25) is 0 Å². The maximum atomic E-state index is 10.8. The molecule has 1 rings (SSSR count). The van der Waals surface area contributed by atoms with Crippen LogP contribution in [0.25, 0.3) is 0 Å². The molecule has 80 valence electrons. The van der Waals surface area contributed by atoms with Gasteiger partial charge in [0, 0.05) is 33.2 Å². The Hall–Kier alpha value is -0.585. The summed E-state index contributed by atoms with van der Waals surface area (Å²) in [7, 11) is -0.332. The molecule has 14 heavy (non-hydrogen) atoms. The third-order valence-electron chi connectivity index (χ3n) is 1.96. The Morgan fingerprint density at radius 3 is 2.50 bits per heavy atom. The van der Waals surface area contributed by atoms with Crippen molar-refractivity contribution in [3.8, 4) is 0 Å². The van der Waals surface area contributed by atoms with Gasteiger partial charge >= 0.3 is 7.12 Å². The first-order chi connectivity index (χ1) is 6.70. The van der Waals surface area contributed by atoms with Gasteiger partial charge in [-0.15, -0.1) is 0 Å². The number of rotatable bonds is 2. The first kappa shape index (κ1) is 11.5. The second-order valence-electron chi connectivity index (χ2n) is 3.35. The smallest absolute Gasteiger partial charge is 0.409 e. The quantitative estimate of drug-likeness (QED) is 0.571. The van der Waals surface area contributed by atoms with Gasteiger partial charge in [0.25, 0.3) is 0 Å². The van der Waals surface area contributed by atoms with Crippen LogP contribution in [0.5, 0.6) is 0 Å². The van der Waals surface area contributed by atoms with Gasteiger partial charge in [-0.2, -0.15) is 0 Å². The van der Waals surface area contributed by atoms with Crippen LogP contribution >= 0.6 is 0 Å². The van der Waals surface area contributed by atoms with E-state index < -0.39 is 0 Å². The van der Waals surface area contributed by atoms with Crippen LogP contribution in [0.4, 0.5) is 0 Å². The molecule has 1 heterocycles. The second kappa shape index (κ2) is 6.00. The maximum Gasteiger partial charge on any atom is 0.480 e. The maximum absolute atomic E-state index is 10.8. The standard InChI is InChI=1S/C8H17BN2O3/c1-7(11-8(2)12)9-13-5-3-10-4-6-14-9/h7,10H,3-6H2,1-2H3,(H,11,12)/t7-/m0/s1. The molecular formula is C8H17BN2O3. The zero-order valence-electron chi connectivity index (χ0n) is 8.71. The molecule has 1 saturated heterocycles. The third-order valence-corrected chi connectivity index (χ3v) is 1.96. The van der Waals surface area contributed by atoms with Crippen molar-refractivity contribution < 1.29 is 14.1 Å². The molecule has 0 unspecified atom stereocenters. The van der Waals surface area contributed by atoms with Crippen molar-refractivity contribution in [2.45, 2.75) is 19.8 Å². The highest BCUT2D eigenvalue weighted by Crippen LogP contribution is 1.98. The zero-order chi connectivity index (χ0) is 10.4. The van der Waals surface area contributed by atoms with Crippen molar-refractivity contribution in [1.29, 1.82) is 0 Å². The van der Waals surface area contributed by atoms with E-state index in [1.54, 1.807) is 0 Å². The van der Waals surface area contributed by atoms with Crippen molar-refractivity contribution in [3.05, 3.63) is 0 Å². The van der Waals surface area contributed by atoms with E-state index in [4.69, 9.17) is 9.31 Å². The molecule has 0 spiro atoms. The van der Waals surface area contributed by atoms with E-state index >= 15 is 0 Å². The van der Waals surface area contributed by atoms with Crippen LogP contribution in [0, 0.1) is 0 Å². The lowest BCUT2D eigenvalue weighted by Gasteiger charge is -2.23. The number of carbonyl (C=O) groups is 1. The van der Waals surface area contributed by atoms with Gasteiger partial charge in [0.2, 0.25) is 5.91 Å². The molecule has 2 N–H and O–H groups in total. The molecule has 0 radical (unpaired) electrons. The van der Waals surface area contributed by atoms with Gasteiger partial charge in [0.05, 0.1) is 5.94 Å². The van der Waals surface area contributed by atoms with Gasteiger partial charge in [-0.05, 0) is 6.92 Å². The Morgan fingerprint density at radius 2 is 2.00 bits per heavy atom. The topological polar surface area (TPSA) is 59.6 Å². The van der Waals surface area contributed by atoms with Gasteiger partial charge in [-0.25, -0.2) is 0 Å². The Kier molecular flexibility index (Phi) is 4.93. The van der Waals surface area contributed by atoms with Crippen LogP contribution in [-0.4, -0.2) is 45.3 Å². The molecule has 5 nitrogen and oxygen atoms in total. The summed E-state index contributed by atoms with van der Waals surface area (Å²) in [5, 5.41) is 5.90. The van der Waals surface area contributed by atoms with E-state index in [-0.39, 0.29) is 19.0 Å². The van der Waals surface area contributed by atoms with Crippen molar-refractivity contribution >= 4 is 13.0 Å². The summed E-state index contributed by atoms with van der Waals surface area (Å²) in [6.45, 7) is 6.23. The van der Waals surface area contributed by atoms with Crippen molar-refractivity contribution in [2.75, 3.05) is 26.3 Å². The van der Waals surface area contributed by atoms with Crippen LogP contribution in [0.15, 0.2) is 0 Å². The summed E-state index contributed by atoms with van der Waals surface area (Å²) in [5.74, 6) is -0.171. The van der Waals surface area contributed by atoms with Crippen LogP contribution in [0.1, 0.15) is 13.8 Å². The predicted molar refractivity (Wildman–Crippen MR) is 53.8 cm³/mol. The van der Waals surface area contributed by atoms with Gasteiger partial charge in [-0.1, -0.05) is 0 Å². The fourth-order valence-electron chi connectivity index (χ4n) is 1.34. The van der Waals surface area contributed by atoms with Crippen molar-refractivity contribution in [2.24, 2.45) is 0 Å². The summed E-state index contributed by atoms with van der Waals surface area (Å²) in [4.78, 5) is 10.8. The minimum atomic E-state index is -0.332. The molecule has 0 aliphatic carbocycles. The van der Waals surface area contributed by atoms with Crippen LogP contribution in [-0.2, 0) is 14.1 Å². The molecule has 1 aliphatic rings. The zero-order valence-corrected chi connectivity index (χ0v) is 8.71. The first-order valence-electron chi connectivity index (χ1n) is 4.91. The van der Waals surface area contributed by atoms with E-state index in [2.05, 4.69) is 10.6 Å². The molecular weight excluding hydrogens is 183 g/mol. The average molecular weight is 200 g/mol. The van der Waals surface area contributed by atoms with E-state index in [0.717, 1.165) is 13.1 Å². The normalized spacial score (nSPS) is 20.9. The van der Waals surface area contributed by atoms with E-state index in [1.807, 2.05) is 6.92 Å². The summed E-state index contributed by atoms with van der Waals surface area (Å²) in [6, 6.07) is 0. The van der Waals surface area contributed by atoms with E-state index in [1.165, 1.54) is 6.92 Å². The van der Waals surface area contributed by atoms with Crippen LogP contribution < -0.4 is 10.6 Å². The summed E-state index contributed by atoms with van der Waals surface area (Å²) < 4.78 is 10.9. The highest BCUT2D eigenvalue weighted by molar-refractivity contribution is 6.46.